The molecule has 34 heavy (non-hydrogen) atoms. The van der Waals surface area contributed by atoms with Gasteiger partial charge in [-0.2, -0.15) is 5.01 Å². The molecule has 0 unspecified atom stereocenters. The number of ether oxygens (including phenoxy) is 4. The van der Waals surface area contributed by atoms with Crippen LogP contribution in [0.3, 0.4) is 0 Å². The Hall–Kier alpha value is -3.57. The van der Waals surface area contributed by atoms with Gasteiger partial charge in [0, 0.05) is 5.56 Å². The van der Waals surface area contributed by atoms with Crippen LogP contribution in [0.5, 0.6) is 17.2 Å². The predicted molar refractivity (Wildman–Crippen MR) is 131 cm³/mol. The van der Waals surface area contributed by atoms with Gasteiger partial charge >= 0.3 is 5.97 Å². The van der Waals surface area contributed by atoms with Crippen LogP contribution >= 0.6 is 24.0 Å². The molecule has 0 bridgehead atoms. The minimum atomic E-state index is -0.511. The molecule has 2 aromatic rings. The molecule has 2 amide bonds. The molecule has 1 fully saturated rings. The second-order valence-corrected chi connectivity index (χ2v) is 8.37. The standard InChI is InChI=1S/C23H22N2O7S2/c1-4-31-20(26)13-32-18-11-14(5-10-17(18)30-3)12-19-22(28)25(23(33)34-19)24-21(27)15-6-8-16(29-2)9-7-15/h5-12H,4,13H2,1-3H3,(H,24,27)/b19-12-. The number of rotatable bonds is 9. The van der Waals surface area contributed by atoms with Crippen molar-refractivity contribution in [2.45, 2.75) is 6.92 Å². The molecule has 1 saturated heterocycles. The predicted octanol–water partition coefficient (Wildman–Crippen LogP) is 3.19. The summed E-state index contributed by atoms with van der Waals surface area (Å²) < 4.78 is 20.9. The van der Waals surface area contributed by atoms with E-state index >= 15 is 0 Å². The van der Waals surface area contributed by atoms with Crippen molar-refractivity contribution in [2.75, 3.05) is 27.4 Å². The number of carbonyl (C=O) groups is 3. The second-order valence-electron chi connectivity index (χ2n) is 6.69. The summed E-state index contributed by atoms with van der Waals surface area (Å²) in [6.07, 6.45) is 1.61. The first kappa shape index (κ1) is 25.1. The Bertz CT molecular complexity index is 1130. The summed E-state index contributed by atoms with van der Waals surface area (Å²) in [5.74, 6) is -0.132. The quantitative estimate of drug-likeness (QED) is 0.315. The largest absolute Gasteiger partial charge is 0.497 e. The van der Waals surface area contributed by atoms with Gasteiger partial charge in [-0.15, -0.1) is 0 Å². The highest BCUT2D eigenvalue weighted by Crippen LogP contribution is 2.34. The summed E-state index contributed by atoms with van der Waals surface area (Å²) in [6.45, 7) is 1.66. The number of carbonyl (C=O) groups excluding carboxylic acids is 3. The van der Waals surface area contributed by atoms with Gasteiger partial charge in [-0.3, -0.25) is 15.0 Å². The Morgan fingerprint density at radius 1 is 1.09 bits per heavy atom. The summed E-state index contributed by atoms with van der Waals surface area (Å²) in [5.41, 5.74) is 3.48. The third kappa shape index (κ3) is 6.06. The highest BCUT2D eigenvalue weighted by atomic mass is 32.2. The molecular weight excluding hydrogens is 480 g/mol. The topological polar surface area (TPSA) is 103 Å². The number of hydrogen-bond donors (Lipinski definition) is 1. The van der Waals surface area contributed by atoms with Gasteiger partial charge < -0.3 is 18.9 Å². The fraction of sp³-hybridized carbons (Fsp3) is 0.217. The molecule has 0 radical (unpaired) electrons. The van der Waals surface area contributed by atoms with Crippen LogP contribution in [0.2, 0.25) is 0 Å². The van der Waals surface area contributed by atoms with Crippen molar-refractivity contribution in [3.05, 3.63) is 58.5 Å². The van der Waals surface area contributed by atoms with Gasteiger partial charge in [-0.05, 0) is 67.2 Å². The van der Waals surface area contributed by atoms with E-state index in [9.17, 15) is 14.4 Å². The number of benzene rings is 2. The van der Waals surface area contributed by atoms with Gasteiger partial charge in [0.2, 0.25) is 0 Å². The number of thiocarbonyl (C=S) groups is 1. The Balaban J connectivity index is 1.74. The number of hydrogen-bond acceptors (Lipinski definition) is 9. The fourth-order valence-corrected chi connectivity index (χ4v) is 4.04. The summed E-state index contributed by atoms with van der Waals surface area (Å²) in [5, 5.41) is 1.03. The average Bonchev–Trinajstić information content (AvgIpc) is 3.10. The fourth-order valence-electron chi connectivity index (χ4n) is 2.86. The molecule has 178 valence electrons. The summed E-state index contributed by atoms with van der Waals surface area (Å²) in [4.78, 5) is 37.3. The molecule has 0 saturated carbocycles. The van der Waals surface area contributed by atoms with E-state index in [0.717, 1.165) is 16.8 Å². The number of methoxy groups -OCH3 is 2. The SMILES string of the molecule is CCOC(=O)COc1cc(/C=C2\SC(=S)N(NC(=O)c3ccc(OC)cc3)C2=O)ccc1OC. The number of thioether (sulfide) groups is 1. The Kier molecular flexibility index (Phi) is 8.50. The smallest absolute Gasteiger partial charge is 0.344 e. The minimum absolute atomic E-state index is 0.186. The first-order valence-corrected chi connectivity index (χ1v) is 11.3. The van der Waals surface area contributed by atoms with Gasteiger partial charge in [0.25, 0.3) is 11.8 Å². The number of nitrogens with zero attached hydrogens (tertiary/aromatic N) is 1. The van der Waals surface area contributed by atoms with Crippen LogP contribution in [0.15, 0.2) is 47.4 Å². The van der Waals surface area contributed by atoms with E-state index in [-0.39, 0.29) is 17.5 Å². The average molecular weight is 503 g/mol. The molecule has 0 atom stereocenters. The number of hydrazine groups is 1. The number of esters is 1. The first-order chi connectivity index (χ1) is 16.4. The van der Waals surface area contributed by atoms with Crippen molar-refractivity contribution in [1.82, 2.24) is 10.4 Å². The normalized spacial score (nSPS) is 14.2. The maximum atomic E-state index is 12.9. The van der Waals surface area contributed by atoms with Crippen molar-refractivity contribution in [1.29, 1.82) is 0 Å². The highest BCUT2D eigenvalue weighted by molar-refractivity contribution is 8.26. The highest BCUT2D eigenvalue weighted by Gasteiger charge is 2.33. The van der Waals surface area contributed by atoms with Crippen molar-refractivity contribution >= 4 is 52.2 Å². The summed E-state index contributed by atoms with van der Waals surface area (Å²) >= 11 is 6.32. The minimum Gasteiger partial charge on any atom is -0.497 e. The van der Waals surface area contributed by atoms with Crippen LogP contribution in [0, 0.1) is 0 Å². The second kappa shape index (κ2) is 11.5. The van der Waals surface area contributed by atoms with Crippen LogP contribution < -0.4 is 19.6 Å². The van der Waals surface area contributed by atoms with E-state index in [0.29, 0.717) is 33.3 Å². The molecule has 3 rings (SSSR count). The van der Waals surface area contributed by atoms with E-state index in [1.165, 1.54) is 14.2 Å². The summed E-state index contributed by atoms with van der Waals surface area (Å²) in [6, 6.07) is 11.4. The van der Waals surface area contributed by atoms with Crippen LogP contribution in [-0.2, 0) is 14.3 Å². The third-order valence-corrected chi connectivity index (χ3v) is 5.80. The van der Waals surface area contributed by atoms with Crippen LogP contribution in [0.1, 0.15) is 22.8 Å². The van der Waals surface area contributed by atoms with E-state index in [2.05, 4.69) is 5.43 Å². The van der Waals surface area contributed by atoms with E-state index < -0.39 is 17.8 Å². The lowest BCUT2D eigenvalue weighted by molar-refractivity contribution is -0.145. The Morgan fingerprint density at radius 3 is 2.47 bits per heavy atom. The van der Waals surface area contributed by atoms with Crippen molar-refractivity contribution in [2.24, 2.45) is 0 Å². The number of amides is 2. The maximum Gasteiger partial charge on any atom is 0.344 e. The van der Waals surface area contributed by atoms with E-state index in [1.807, 2.05) is 0 Å². The molecule has 1 aliphatic heterocycles. The lowest BCUT2D eigenvalue weighted by atomic mass is 10.2. The van der Waals surface area contributed by atoms with Gasteiger partial charge in [-0.25, -0.2) is 4.79 Å². The number of nitrogens with one attached hydrogen (secondary N) is 1. The summed E-state index contributed by atoms with van der Waals surface area (Å²) in [7, 11) is 3.00. The zero-order valence-electron chi connectivity index (χ0n) is 18.7. The molecule has 0 aromatic heterocycles. The van der Waals surface area contributed by atoms with Crippen LogP contribution in [-0.4, -0.2) is 54.5 Å². The maximum absolute atomic E-state index is 12.9. The molecule has 1 heterocycles. The zero-order chi connectivity index (χ0) is 24.7. The third-order valence-electron chi connectivity index (χ3n) is 4.50. The molecule has 0 spiro atoms. The van der Waals surface area contributed by atoms with Crippen molar-refractivity contribution in [3.8, 4) is 17.2 Å². The molecule has 1 N–H and O–H groups in total. The lowest BCUT2D eigenvalue weighted by Gasteiger charge is -2.15. The van der Waals surface area contributed by atoms with Gasteiger partial charge in [0.05, 0.1) is 25.7 Å². The van der Waals surface area contributed by atoms with E-state index in [4.69, 9.17) is 31.2 Å². The molecule has 9 nitrogen and oxygen atoms in total. The molecule has 1 aliphatic rings. The lowest BCUT2D eigenvalue weighted by Crippen LogP contribution is -2.44. The monoisotopic (exact) mass is 502 g/mol. The molecular formula is C23H22N2O7S2. The molecule has 2 aromatic carbocycles. The first-order valence-electron chi connectivity index (χ1n) is 10.1. The van der Waals surface area contributed by atoms with Crippen molar-refractivity contribution < 1.29 is 33.3 Å². The van der Waals surface area contributed by atoms with Gasteiger partial charge in [-0.1, -0.05) is 17.8 Å². The Labute approximate surface area is 206 Å². The van der Waals surface area contributed by atoms with E-state index in [1.54, 1.807) is 55.5 Å². The van der Waals surface area contributed by atoms with Crippen LogP contribution in [0.4, 0.5) is 0 Å². The Morgan fingerprint density at radius 2 is 1.82 bits per heavy atom. The zero-order valence-corrected chi connectivity index (χ0v) is 20.3. The molecule has 0 aliphatic carbocycles. The molecule has 11 heteroatoms. The van der Waals surface area contributed by atoms with Gasteiger partial charge in [0.1, 0.15) is 5.75 Å². The van der Waals surface area contributed by atoms with Gasteiger partial charge in [0.15, 0.2) is 22.4 Å². The van der Waals surface area contributed by atoms with Crippen molar-refractivity contribution in [3.63, 3.8) is 0 Å². The van der Waals surface area contributed by atoms with Crippen LogP contribution in [0.25, 0.3) is 6.08 Å².